The van der Waals surface area contributed by atoms with Gasteiger partial charge in [0.1, 0.15) is 17.9 Å². The summed E-state index contributed by atoms with van der Waals surface area (Å²) < 4.78 is 7.11. The first-order valence-electron chi connectivity index (χ1n) is 8.50. The van der Waals surface area contributed by atoms with E-state index in [1.165, 1.54) is 0 Å². The molecule has 136 valence electrons. The molecule has 7 heteroatoms. The number of carbonyl (C=O) groups is 1. The molecule has 7 nitrogen and oxygen atoms in total. The maximum atomic E-state index is 11.3. The van der Waals surface area contributed by atoms with Crippen molar-refractivity contribution in [3.63, 3.8) is 0 Å². The molecule has 0 fully saturated rings. The average Bonchev–Trinajstić information content (AvgIpc) is 3.05. The van der Waals surface area contributed by atoms with E-state index < -0.39 is 6.09 Å². The zero-order valence-corrected chi connectivity index (χ0v) is 15.5. The second-order valence-electron chi connectivity index (χ2n) is 6.09. The summed E-state index contributed by atoms with van der Waals surface area (Å²) in [4.78, 5) is 22.2. The third-order valence-corrected chi connectivity index (χ3v) is 4.40. The second-order valence-corrected chi connectivity index (χ2v) is 6.09. The van der Waals surface area contributed by atoms with Gasteiger partial charge >= 0.3 is 6.09 Å². The summed E-state index contributed by atoms with van der Waals surface area (Å²) in [5.74, 6) is 0.852. The van der Waals surface area contributed by atoms with Gasteiger partial charge in [-0.25, -0.2) is 14.8 Å². The van der Waals surface area contributed by atoms with Gasteiger partial charge in [-0.05, 0) is 23.6 Å². The molecule has 1 N–H and O–H groups in total. The number of anilines is 2. The highest BCUT2D eigenvalue weighted by Gasteiger charge is 2.13. The number of aryl methyl sites for hydroxylation is 2. The van der Waals surface area contributed by atoms with Crippen LogP contribution in [0, 0.1) is 0 Å². The third-order valence-electron chi connectivity index (χ3n) is 4.40. The maximum absolute atomic E-state index is 11.3. The Kier molecular flexibility index (Phi) is 5.06. The quantitative estimate of drug-likeness (QED) is 0.763. The summed E-state index contributed by atoms with van der Waals surface area (Å²) in [5.41, 5.74) is 5.11. The number of aromatic nitrogens is 3. The second kappa shape index (κ2) is 7.43. The number of amides is 1. The molecule has 26 heavy (non-hydrogen) atoms. The Morgan fingerprint density at radius 3 is 2.85 bits per heavy atom. The molecule has 1 amide bonds. The van der Waals surface area contributed by atoms with E-state index in [0.717, 1.165) is 40.1 Å². The average molecular weight is 353 g/mol. The van der Waals surface area contributed by atoms with Crippen molar-refractivity contribution in [3.8, 4) is 0 Å². The van der Waals surface area contributed by atoms with Crippen LogP contribution in [0.5, 0.6) is 0 Å². The molecule has 0 aliphatic carbocycles. The molecule has 0 radical (unpaired) electrons. The number of nitrogens with zero attached hydrogens (tertiary/aromatic N) is 4. The van der Waals surface area contributed by atoms with Crippen LogP contribution in [0.3, 0.4) is 0 Å². The summed E-state index contributed by atoms with van der Waals surface area (Å²) in [5, 5.41) is 2.45. The molecule has 1 aromatic carbocycles. The predicted molar refractivity (Wildman–Crippen MR) is 102 cm³/mol. The van der Waals surface area contributed by atoms with Gasteiger partial charge in [-0.3, -0.25) is 0 Å². The van der Waals surface area contributed by atoms with Crippen LogP contribution in [0.25, 0.3) is 11.0 Å². The molecule has 2 heterocycles. The topological polar surface area (TPSA) is 72.3 Å². The van der Waals surface area contributed by atoms with Gasteiger partial charge in [0.05, 0.1) is 18.0 Å². The number of hydrogen-bond acceptors (Lipinski definition) is 5. The number of benzene rings is 1. The fourth-order valence-electron chi connectivity index (χ4n) is 2.89. The van der Waals surface area contributed by atoms with Crippen molar-refractivity contribution in [2.45, 2.75) is 20.0 Å². The molecular weight excluding hydrogens is 330 g/mol. The summed E-state index contributed by atoms with van der Waals surface area (Å²) in [6.45, 7) is 2.35. The number of pyridine rings is 1. The lowest BCUT2D eigenvalue weighted by atomic mass is 10.1. The normalized spacial score (nSPS) is 10.8. The van der Waals surface area contributed by atoms with Crippen LogP contribution in [-0.2, 0) is 24.8 Å². The molecule has 2 aromatic heterocycles. The first-order valence-corrected chi connectivity index (χ1v) is 8.50. The van der Waals surface area contributed by atoms with Crippen LogP contribution in [0.4, 0.5) is 16.3 Å². The summed E-state index contributed by atoms with van der Waals surface area (Å²) in [7, 11) is 5.52. The third kappa shape index (κ3) is 3.46. The Morgan fingerprint density at radius 2 is 2.12 bits per heavy atom. The van der Waals surface area contributed by atoms with E-state index >= 15 is 0 Å². The minimum absolute atomic E-state index is 0.246. The van der Waals surface area contributed by atoms with Gasteiger partial charge in [-0.1, -0.05) is 19.1 Å². The van der Waals surface area contributed by atoms with E-state index in [1.54, 1.807) is 19.6 Å². The minimum Gasteiger partial charge on any atom is -0.445 e. The number of fused-ring (bicyclic) bond motifs is 1. The van der Waals surface area contributed by atoms with E-state index in [2.05, 4.69) is 33.2 Å². The number of alkyl carbamates (subject to hydrolysis) is 1. The number of rotatable bonds is 5. The van der Waals surface area contributed by atoms with Gasteiger partial charge < -0.3 is 19.5 Å². The standard InChI is InChI=1S/C19H23N5O2/c1-5-14-8-13(11-26-19(25)20-2)6-7-16(14)24(4)18-9-17-15(10-21-18)22-12-23(17)3/h6-10,12H,5,11H2,1-4H3,(H,20,25). The molecule has 3 rings (SSSR count). The van der Waals surface area contributed by atoms with Crippen LogP contribution in [0.15, 0.2) is 36.8 Å². The minimum atomic E-state index is -0.432. The fourth-order valence-corrected chi connectivity index (χ4v) is 2.89. The van der Waals surface area contributed by atoms with Crippen molar-refractivity contribution >= 4 is 28.6 Å². The van der Waals surface area contributed by atoms with Gasteiger partial charge in [0.15, 0.2) is 0 Å². The van der Waals surface area contributed by atoms with E-state index in [9.17, 15) is 4.79 Å². The molecular formula is C19H23N5O2. The van der Waals surface area contributed by atoms with Crippen molar-refractivity contribution in [2.75, 3.05) is 19.0 Å². The lowest BCUT2D eigenvalue weighted by Gasteiger charge is -2.22. The van der Waals surface area contributed by atoms with Crippen LogP contribution >= 0.6 is 0 Å². The molecule has 0 saturated heterocycles. The SMILES string of the molecule is CCc1cc(COC(=O)NC)ccc1N(C)c1cc2c(cn1)ncn2C. The lowest BCUT2D eigenvalue weighted by Crippen LogP contribution is -2.19. The van der Waals surface area contributed by atoms with Crippen LogP contribution < -0.4 is 10.2 Å². The Balaban J connectivity index is 1.88. The maximum Gasteiger partial charge on any atom is 0.407 e. The summed E-state index contributed by atoms with van der Waals surface area (Å²) >= 11 is 0. The summed E-state index contributed by atoms with van der Waals surface area (Å²) in [6, 6.07) is 8.11. The Hall–Kier alpha value is -3.09. The largest absolute Gasteiger partial charge is 0.445 e. The van der Waals surface area contributed by atoms with Crippen molar-refractivity contribution < 1.29 is 9.53 Å². The first-order chi connectivity index (χ1) is 12.5. The van der Waals surface area contributed by atoms with Crippen molar-refractivity contribution in [3.05, 3.63) is 47.9 Å². The molecule has 3 aromatic rings. The molecule has 0 saturated carbocycles. The van der Waals surface area contributed by atoms with Crippen LogP contribution in [0.1, 0.15) is 18.1 Å². The van der Waals surface area contributed by atoms with Gasteiger partial charge in [0, 0.05) is 32.9 Å². The highest BCUT2D eigenvalue weighted by Crippen LogP contribution is 2.29. The first kappa shape index (κ1) is 17.7. The number of imidazole rings is 1. The number of ether oxygens (including phenoxy) is 1. The van der Waals surface area contributed by atoms with E-state index in [0.29, 0.717) is 0 Å². The highest BCUT2D eigenvalue weighted by atomic mass is 16.5. The highest BCUT2D eigenvalue weighted by molar-refractivity contribution is 5.79. The zero-order chi connectivity index (χ0) is 18.7. The van der Waals surface area contributed by atoms with Crippen molar-refractivity contribution in [1.29, 1.82) is 0 Å². The van der Waals surface area contributed by atoms with Crippen molar-refractivity contribution in [2.24, 2.45) is 7.05 Å². The molecule has 0 aliphatic rings. The number of nitrogens with one attached hydrogen (secondary N) is 1. The molecule has 0 aliphatic heterocycles. The van der Waals surface area contributed by atoms with E-state index in [-0.39, 0.29) is 6.61 Å². The molecule has 0 spiro atoms. The Labute approximate surface area is 152 Å². The monoisotopic (exact) mass is 353 g/mol. The molecule has 0 bridgehead atoms. The van der Waals surface area contributed by atoms with Crippen LogP contribution in [0.2, 0.25) is 0 Å². The zero-order valence-electron chi connectivity index (χ0n) is 15.5. The lowest BCUT2D eigenvalue weighted by molar-refractivity contribution is 0.142. The number of carbonyl (C=O) groups excluding carboxylic acids is 1. The van der Waals surface area contributed by atoms with Gasteiger partial charge in [0.25, 0.3) is 0 Å². The van der Waals surface area contributed by atoms with Gasteiger partial charge in [-0.15, -0.1) is 0 Å². The van der Waals surface area contributed by atoms with E-state index in [4.69, 9.17) is 4.74 Å². The van der Waals surface area contributed by atoms with Crippen LogP contribution in [-0.4, -0.2) is 34.7 Å². The number of hydrogen-bond donors (Lipinski definition) is 1. The fraction of sp³-hybridized carbons (Fsp3) is 0.316. The van der Waals surface area contributed by atoms with Crippen molar-refractivity contribution in [1.82, 2.24) is 19.9 Å². The molecule has 0 atom stereocenters. The Bertz CT molecular complexity index is 935. The molecule has 0 unspecified atom stereocenters. The van der Waals surface area contributed by atoms with Gasteiger partial charge in [0.2, 0.25) is 0 Å². The summed E-state index contributed by atoms with van der Waals surface area (Å²) in [6.07, 6.45) is 4.01. The van der Waals surface area contributed by atoms with E-state index in [1.807, 2.05) is 36.9 Å². The predicted octanol–water partition coefficient (Wildman–Crippen LogP) is 3.15. The Morgan fingerprint density at radius 1 is 1.31 bits per heavy atom. The smallest absolute Gasteiger partial charge is 0.407 e. The van der Waals surface area contributed by atoms with Gasteiger partial charge in [-0.2, -0.15) is 0 Å².